The lowest BCUT2D eigenvalue weighted by Crippen LogP contribution is -2.53. The van der Waals surface area contributed by atoms with Gasteiger partial charge in [-0.1, -0.05) is 0 Å². The minimum absolute atomic E-state index is 0.0911. The molecule has 5 rings (SSSR count). The molecular weight excluding hydrogens is 292 g/mol. The summed E-state index contributed by atoms with van der Waals surface area (Å²) in [5.41, 5.74) is 5.62. The Kier molecular flexibility index (Phi) is 3.87. The van der Waals surface area contributed by atoms with Crippen LogP contribution in [0.5, 0.6) is 0 Å². The molecule has 1 heterocycles. The Labute approximate surface area is 137 Å². The molecule has 5 aliphatic rings. The first-order valence-corrected chi connectivity index (χ1v) is 9.26. The number of carbonyl (C=O) groups excluding carboxylic acids is 2. The predicted octanol–water partition coefficient (Wildman–Crippen LogP) is 1.84. The van der Waals surface area contributed by atoms with Crippen LogP contribution in [0.4, 0.5) is 0 Å². The molecule has 1 saturated heterocycles. The standard InChI is InChI=1S/C18H28N2O3/c19-15-1-3-20(4-2-15)16(21)8-17(22)23-18-9-12-5-13(10-18)7-14(6-12)11-18/h12-15H,1-11,19H2. The van der Waals surface area contributed by atoms with Gasteiger partial charge in [0.2, 0.25) is 5.91 Å². The van der Waals surface area contributed by atoms with E-state index in [1.165, 1.54) is 19.3 Å². The Morgan fingerprint density at radius 1 is 1.00 bits per heavy atom. The molecule has 0 radical (unpaired) electrons. The zero-order chi connectivity index (χ0) is 16.0. The first kappa shape index (κ1) is 15.4. The van der Waals surface area contributed by atoms with E-state index in [4.69, 9.17) is 10.5 Å². The molecule has 4 bridgehead atoms. The molecule has 23 heavy (non-hydrogen) atoms. The highest BCUT2D eigenvalue weighted by atomic mass is 16.6. The second-order valence-corrected chi connectivity index (χ2v) is 8.47. The minimum Gasteiger partial charge on any atom is -0.459 e. The number of carbonyl (C=O) groups is 2. The summed E-state index contributed by atoms with van der Waals surface area (Å²) in [5, 5.41) is 0. The molecule has 0 atom stereocenters. The zero-order valence-electron chi connectivity index (χ0n) is 13.8. The summed E-state index contributed by atoms with van der Waals surface area (Å²) in [4.78, 5) is 26.4. The van der Waals surface area contributed by atoms with Gasteiger partial charge in [-0.25, -0.2) is 0 Å². The minimum atomic E-state index is -0.313. The van der Waals surface area contributed by atoms with E-state index in [0.717, 1.165) is 49.9 Å². The van der Waals surface area contributed by atoms with Crippen molar-refractivity contribution in [1.82, 2.24) is 4.90 Å². The van der Waals surface area contributed by atoms with E-state index in [-0.39, 0.29) is 29.9 Å². The van der Waals surface area contributed by atoms with E-state index in [1.807, 2.05) is 0 Å². The van der Waals surface area contributed by atoms with Crippen LogP contribution in [0, 0.1) is 17.8 Å². The molecule has 1 aliphatic heterocycles. The molecule has 0 aromatic carbocycles. The lowest BCUT2D eigenvalue weighted by molar-refractivity contribution is -0.187. The molecule has 0 unspecified atom stereocenters. The summed E-state index contributed by atoms with van der Waals surface area (Å²) < 4.78 is 5.92. The van der Waals surface area contributed by atoms with Gasteiger partial charge in [0.1, 0.15) is 12.0 Å². The van der Waals surface area contributed by atoms with Crippen molar-refractivity contribution in [2.45, 2.75) is 69.4 Å². The molecule has 5 heteroatoms. The normalized spacial score (nSPS) is 39.5. The Morgan fingerprint density at radius 2 is 1.52 bits per heavy atom. The lowest BCUT2D eigenvalue weighted by Gasteiger charge is -2.55. The molecule has 5 nitrogen and oxygen atoms in total. The molecule has 4 aliphatic carbocycles. The van der Waals surface area contributed by atoms with E-state index in [2.05, 4.69) is 0 Å². The number of ether oxygens (including phenoxy) is 1. The number of nitrogens with zero attached hydrogens (tertiary/aromatic N) is 1. The second kappa shape index (κ2) is 5.76. The number of hydrogen-bond donors (Lipinski definition) is 1. The number of esters is 1. The monoisotopic (exact) mass is 320 g/mol. The van der Waals surface area contributed by atoms with Gasteiger partial charge in [0.15, 0.2) is 0 Å². The Balaban J connectivity index is 1.32. The average molecular weight is 320 g/mol. The van der Waals surface area contributed by atoms with Crippen LogP contribution in [0.15, 0.2) is 0 Å². The molecule has 1 amide bonds. The van der Waals surface area contributed by atoms with E-state index in [9.17, 15) is 9.59 Å². The van der Waals surface area contributed by atoms with Crippen LogP contribution in [0.2, 0.25) is 0 Å². The third-order valence-electron chi connectivity index (χ3n) is 6.50. The van der Waals surface area contributed by atoms with Crippen molar-refractivity contribution in [3.8, 4) is 0 Å². The smallest absolute Gasteiger partial charge is 0.315 e. The molecule has 0 aromatic heterocycles. The maximum atomic E-state index is 12.4. The molecule has 0 aromatic rings. The predicted molar refractivity (Wildman–Crippen MR) is 85.4 cm³/mol. The largest absolute Gasteiger partial charge is 0.459 e. The molecule has 2 N–H and O–H groups in total. The van der Waals surface area contributed by atoms with Gasteiger partial charge in [-0.2, -0.15) is 0 Å². The summed E-state index contributed by atoms with van der Waals surface area (Å²) >= 11 is 0. The number of amides is 1. The molecule has 5 fully saturated rings. The summed E-state index contributed by atoms with van der Waals surface area (Å²) in [6.45, 7) is 1.34. The van der Waals surface area contributed by atoms with Gasteiger partial charge in [-0.15, -0.1) is 0 Å². The summed E-state index contributed by atoms with van der Waals surface area (Å²) in [6, 6.07) is 0.193. The van der Waals surface area contributed by atoms with Crippen molar-refractivity contribution in [2.24, 2.45) is 23.5 Å². The van der Waals surface area contributed by atoms with Crippen LogP contribution >= 0.6 is 0 Å². The van der Waals surface area contributed by atoms with Gasteiger partial charge in [-0.05, 0) is 69.1 Å². The summed E-state index contributed by atoms with van der Waals surface area (Å²) in [6.07, 6.45) is 8.60. The maximum Gasteiger partial charge on any atom is 0.315 e. The molecule has 4 saturated carbocycles. The van der Waals surface area contributed by atoms with Crippen LogP contribution in [0.1, 0.15) is 57.8 Å². The Bertz CT molecular complexity index is 461. The van der Waals surface area contributed by atoms with Crippen molar-refractivity contribution in [1.29, 1.82) is 0 Å². The average Bonchev–Trinajstić information content (AvgIpc) is 2.45. The van der Waals surface area contributed by atoms with Gasteiger partial charge in [0.25, 0.3) is 0 Å². The van der Waals surface area contributed by atoms with Gasteiger partial charge in [-0.3, -0.25) is 9.59 Å². The fourth-order valence-corrected chi connectivity index (χ4v) is 5.82. The summed E-state index contributed by atoms with van der Waals surface area (Å²) in [7, 11) is 0. The van der Waals surface area contributed by atoms with Crippen LogP contribution < -0.4 is 5.73 Å². The van der Waals surface area contributed by atoms with E-state index in [0.29, 0.717) is 13.1 Å². The maximum absolute atomic E-state index is 12.4. The number of likely N-dealkylation sites (tertiary alicyclic amines) is 1. The van der Waals surface area contributed by atoms with Gasteiger partial charge >= 0.3 is 5.97 Å². The SMILES string of the molecule is NC1CCN(C(=O)CC(=O)OC23CC4CC(CC(C4)C2)C3)CC1. The van der Waals surface area contributed by atoms with Crippen LogP contribution in [0.25, 0.3) is 0 Å². The fourth-order valence-electron chi connectivity index (χ4n) is 5.82. The first-order valence-electron chi connectivity index (χ1n) is 9.26. The van der Waals surface area contributed by atoms with Crippen molar-refractivity contribution >= 4 is 11.9 Å². The highest BCUT2D eigenvalue weighted by Crippen LogP contribution is 2.57. The van der Waals surface area contributed by atoms with Gasteiger partial charge in [0.05, 0.1) is 0 Å². The van der Waals surface area contributed by atoms with Crippen molar-refractivity contribution in [3.05, 3.63) is 0 Å². The number of hydrogen-bond acceptors (Lipinski definition) is 4. The molecule has 0 spiro atoms. The highest BCUT2D eigenvalue weighted by Gasteiger charge is 2.53. The third-order valence-corrected chi connectivity index (χ3v) is 6.50. The number of piperidine rings is 1. The zero-order valence-corrected chi connectivity index (χ0v) is 13.8. The Hall–Kier alpha value is -1.10. The highest BCUT2D eigenvalue weighted by molar-refractivity contribution is 5.94. The van der Waals surface area contributed by atoms with E-state index in [1.54, 1.807) is 4.90 Å². The third kappa shape index (κ3) is 3.12. The van der Waals surface area contributed by atoms with Crippen molar-refractivity contribution in [3.63, 3.8) is 0 Å². The van der Waals surface area contributed by atoms with E-state index >= 15 is 0 Å². The quantitative estimate of drug-likeness (QED) is 0.636. The van der Waals surface area contributed by atoms with Crippen LogP contribution in [-0.4, -0.2) is 41.5 Å². The first-order chi connectivity index (χ1) is 11.0. The van der Waals surface area contributed by atoms with Gasteiger partial charge < -0.3 is 15.4 Å². The summed E-state index contributed by atoms with van der Waals surface area (Å²) in [5.74, 6) is 1.83. The topological polar surface area (TPSA) is 72.6 Å². The van der Waals surface area contributed by atoms with Crippen LogP contribution in [-0.2, 0) is 14.3 Å². The van der Waals surface area contributed by atoms with E-state index < -0.39 is 0 Å². The fraction of sp³-hybridized carbons (Fsp3) is 0.889. The lowest BCUT2D eigenvalue weighted by atomic mass is 9.54. The number of rotatable bonds is 3. The van der Waals surface area contributed by atoms with Crippen molar-refractivity contribution in [2.75, 3.05) is 13.1 Å². The van der Waals surface area contributed by atoms with Crippen LogP contribution in [0.3, 0.4) is 0 Å². The Morgan fingerprint density at radius 3 is 2.04 bits per heavy atom. The van der Waals surface area contributed by atoms with Crippen molar-refractivity contribution < 1.29 is 14.3 Å². The van der Waals surface area contributed by atoms with Gasteiger partial charge in [0, 0.05) is 19.1 Å². The molecular formula is C18H28N2O3. The molecule has 128 valence electrons. The number of nitrogens with two attached hydrogens (primary N) is 1. The second-order valence-electron chi connectivity index (χ2n) is 8.47.